The van der Waals surface area contributed by atoms with E-state index in [1.165, 1.54) is 10.9 Å². The molecule has 1 aromatic carbocycles. The minimum atomic E-state index is -3.84. The van der Waals surface area contributed by atoms with Gasteiger partial charge in [-0.15, -0.1) is 10.2 Å². The summed E-state index contributed by atoms with van der Waals surface area (Å²) >= 11 is 0. The molecule has 0 fully saturated rings. The molecular formula is C16H17N7O3S. The van der Waals surface area contributed by atoms with E-state index in [-0.39, 0.29) is 4.90 Å². The number of pyridine rings is 1. The van der Waals surface area contributed by atoms with Gasteiger partial charge in [-0.2, -0.15) is 4.80 Å². The lowest BCUT2D eigenvalue weighted by molar-refractivity contribution is -0.116. The van der Waals surface area contributed by atoms with E-state index in [0.29, 0.717) is 23.5 Å². The van der Waals surface area contributed by atoms with Crippen LogP contribution in [-0.4, -0.2) is 46.1 Å². The van der Waals surface area contributed by atoms with Crippen LogP contribution < -0.4 is 10.5 Å². The summed E-state index contributed by atoms with van der Waals surface area (Å²) in [6.45, 7) is 1.62. The number of hydrogen-bond acceptors (Lipinski definition) is 7. The van der Waals surface area contributed by atoms with Gasteiger partial charge in [-0.25, -0.2) is 13.1 Å². The van der Waals surface area contributed by atoms with Crippen LogP contribution >= 0.6 is 0 Å². The third-order valence-electron chi connectivity index (χ3n) is 3.69. The van der Waals surface area contributed by atoms with E-state index in [1.807, 2.05) is 12.1 Å². The molecule has 0 radical (unpaired) electrons. The van der Waals surface area contributed by atoms with Gasteiger partial charge in [-0.1, -0.05) is 0 Å². The number of carbonyl (C=O) groups is 1. The Kier molecular flexibility index (Phi) is 5.23. The molecule has 3 aromatic rings. The number of tetrazole rings is 1. The Bertz CT molecular complexity index is 1060. The molecule has 10 nitrogen and oxygen atoms in total. The van der Waals surface area contributed by atoms with Gasteiger partial charge in [0.1, 0.15) is 0 Å². The molecule has 0 saturated heterocycles. The summed E-state index contributed by atoms with van der Waals surface area (Å²) in [5, 5.41) is 12.3. The number of aryl methyl sites for hydroxylation is 1. The topological polar surface area (TPSA) is 146 Å². The van der Waals surface area contributed by atoms with Gasteiger partial charge < -0.3 is 5.73 Å². The van der Waals surface area contributed by atoms with Crippen LogP contribution in [0.3, 0.4) is 0 Å². The van der Waals surface area contributed by atoms with Crippen molar-refractivity contribution >= 4 is 15.9 Å². The van der Waals surface area contributed by atoms with Crippen molar-refractivity contribution in [1.29, 1.82) is 0 Å². The SMILES string of the molecule is Cc1cc(-c2nnn(Cc3ccncc3)n2)ccc1S(=O)(=O)NCC(N)=O. The number of amides is 1. The summed E-state index contributed by atoms with van der Waals surface area (Å²) in [5.41, 5.74) is 7.07. The second kappa shape index (κ2) is 7.60. The van der Waals surface area contributed by atoms with Crippen LogP contribution in [0, 0.1) is 6.92 Å². The van der Waals surface area contributed by atoms with E-state index in [0.717, 1.165) is 5.56 Å². The van der Waals surface area contributed by atoms with E-state index in [4.69, 9.17) is 5.73 Å². The van der Waals surface area contributed by atoms with E-state index < -0.39 is 22.5 Å². The number of nitrogens with one attached hydrogen (secondary N) is 1. The highest BCUT2D eigenvalue weighted by Crippen LogP contribution is 2.21. The minimum Gasteiger partial charge on any atom is -0.369 e. The predicted octanol–water partition coefficient (Wildman–Crippen LogP) is -0.145. The Labute approximate surface area is 155 Å². The van der Waals surface area contributed by atoms with Crippen LogP contribution in [0.1, 0.15) is 11.1 Å². The van der Waals surface area contributed by atoms with Gasteiger partial charge in [-0.05, 0) is 53.6 Å². The zero-order valence-corrected chi connectivity index (χ0v) is 15.2. The highest BCUT2D eigenvalue weighted by Gasteiger charge is 2.18. The highest BCUT2D eigenvalue weighted by atomic mass is 32.2. The first kappa shape index (κ1) is 18.6. The Morgan fingerprint density at radius 3 is 2.63 bits per heavy atom. The fourth-order valence-corrected chi connectivity index (χ4v) is 3.63. The van der Waals surface area contributed by atoms with Crippen molar-refractivity contribution in [2.75, 3.05) is 6.54 Å². The fraction of sp³-hybridized carbons (Fsp3) is 0.188. The first-order valence-electron chi connectivity index (χ1n) is 7.91. The second-order valence-electron chi connectivity index (χ2n) is 5.77. The number of benzene rings is 1. The molecule has 3 rings (SSSR count). The van der Waals surface area contributed by atoms with E-state index in [2.05, 4.69) is 25.1 Å². The molecule has 2 aromatic heterocycles. The van der Waals surface area contributed by atoms with E-state index in [9.17, 15) is 13.2 Å². The summed E-state index contributed by atoms with van der Waals surface area (Å²) < 4.78 is 26.6. The summed E-state index contributed by atoms with van der Waals surface area (Å²) in [6.07, 6.45) is 3.37. The van der Waals surface area contributed by atoms with Gasteiger partial charge in [0.15, 0.2) is 0 Å². The molecule has 2 heterocycles. The van der Waals surface area contributed by atoms with E-state index >= 15 is 0 Å². The maximum atomic E-state index is 12.2. The zero-order valence-electron chi connectivity index (χ0n) is 14.4. The Balaban J connectivity index is 1.81. The van der Waals surface area contributed by atoms with Gasteiger partial charge in [0.05, 0.1) is 18.0 Å². The van der Waals surface area contributed by atoms with Crippen LogP contribution in [0.4, 0.5) is 0 Å². The fourth-order valence-electron chi connectivity index (χ4n) is 2.41. The van der Waals surface area contributed by atoms with Gasteiger partial charge in [-0.3, -0.25) is 9.78 Å². The van der Waals surface area contributed by atoms with Crippen molar-refractivity contribution in [3.05, 3.63) is 53.9 Å². The molecule has 0 atom stereocenters. The summed E-state index contributed by atoms with van der Waals surface area (Å²) in [4.78, 5) is 16.3. The smallest absolute Gasteiger partial charge is 0.241 e. The van der Waals surface area contributed by atoms with Crippen LogP contribution in [0.5, 0.6) is 0 Å². The number of nitrogens with zero attached hydrogens (tertiary/aromatic N) is 5. The normalized spacial score (nSPS) is 11.4. The summed E-state index contributed by atoms with van der Waals surface area (Å²) in [6, 6.07) is 8.36. The lowest BCUT2D eigenvalue weighted by atomic mass is 10.1. The van der Waals surface area contributed by atoms with Gasteiger partial charge in [0.25, 0.3) is 0 Å². The molecule has 27 heavy (non-hydrogen) atoms. The molecule has 0 spiro atoms. The average molecular weight is 387 g/mol. The maximum absolute atomic E-state index is 12.2. The third-order valence-corrected chi connectivity index (χ3v) is 5.25. The molecule has 11 heteroatoms. The second-order valence-corrected chi connectivity index (χ2v) is 7.51. The molecular weight excluding hydrogens is 370 g/mol. The molecule has 1 amide bonds. The van der Waals surface area contributed by atoms with Crippen LogP contribution in [0.15, 0.2) is 47.6 Å². The van der Waals surface area contributed by atoms with Crippen molar-refractivity contribution in [2.45, 2.75) is 18.4 Å². The van der Waals surface area contributed by atoms with Crippen molar-refractivity contribution in [2.24, 2.45) is 5.73 Å². The molecule has 140 valence electrons. The molecule has 0 aliphatic rings. The standard InChI is InChI=1S/C16H17N7O3S/c1-11-8-13(2-3-14(11)27(25,26)19-9-15(17)24)16-20-22-23(21-16)10-12-4-6-18-7-5-12/h2-8,19H,9-10H2,1H3,(H2,17,24). The van der Waals surface area contributed by atoms with Crippen molar-refractivity contribution in [3.63, 3.8) is 0 Å². The van der Waals surface area contributed by atoms with Crippen molar-refractivity contribution < 1.29 is 13.2 Å². The van der Waals surface area contributed by atoms with Crippen molar-refractivity contribution in [1.82, 2.24) is 29.9 Å². The number of hydrogen-bond donors (Lipinski definition) is 2. The van der Waals surface area contributed by atoms with E-state index in [1.54, 1.807) is 31.5 Å². The number of primary amides is 1. The van der Waals surface area contributed by atoms with Gasteiger partial charge in [0, 0.05) is 18.0 Å². The maximum Gasteiger partial charge on any atom is 0.241 e. The number of rotatable bonds is 7. The first-order chi connectivity index (χ1) is 12.8. The summed E-state index contributed by atoms with van der Waals surface area (Å²) in [7, 11) is -3.84. The lowest BCUT2D eigenvalue weighted by Crippen LogP contribution is -2.33. The molecule has 0 saturated carbocycles. The Morgan fingerprint density at radius 2 is 1.96 bits per heavy atom. The summed E-state index contributed by atoms with van der Waals surface area (Å²) in [5.74, 6) is -0.385. The number of carbonyl (C=O) groups excluding carboxylic acids is 1. The number of aromatic nitrogens is 5. The Morgan fingerprint density at radius 1 is 1.22 bits per heavy atom. The van der Waals surface area contributed by atoms with Gasteiger partial charge >= 0.3 is 0 Å². The highest BCUT2D eigenvalue weighted by molar-refractivity contribution is 7.89. The number of nitrogens with two attached hydrogens (primary N) is 1. The molecule has 0 bridgehead atoms. The van der Waals surface area contributed by atoms with Gasteiger partial charge in [0.2, 0.25) is 21.8 Å². The van der Waals surface area contributed by atoms with Crippen LogP contribution in [0.2, 0.25) is 0 Å². The largest absolute Gasteiger partial charge is 0.369 e. The van der Waals surface area contributed by atoms with Crippen molar-refractivity contribution in [3.8, 4) is 11.4 Å². The quantitative estimate of drug-likeness (QED) is 0.573. The number of sulfonamides is 1. The lowest BCUT2D eigenvalue weighted by Gasteiger charge is -2.09. The predicted molar refractivity (Wildman–Crippen MR) is 95.7 cm³/mol. The zero-order chi connectivity index (χ0) is 19.4. The molecule has 0 aliphatic heterocycles. The molecule has 0 aliphatic carbocycles. The van der Waals surface area contributed by atoms with Crippen LogP contribution in [0.25, 0.3) is 11.4 Å². The minimum absolute atomic E-state index is 0.0525. The Hall–Kier alpha value is -3.18. The first-order valence-corrected chi connectivity index (χ1v) is 9.39. The molecule has 0 unspecified atom stereocenters. The monoisotopic (exact) mass is 387 g/mol. The third kappa shape index (κ3) is 4.51. The molecule has 3 N–H and O–H groups in total. The van der Waals surface area contributed by atoms with Crippen LogP contribution in [-0.2, 0) is 21.4 Å². The average Bonchev–Trinajstić information content (AvgIpc) is 3.09.